The van der Waals surface area contributed by atoms with Crippen LogP contribution in [0.5, 0.6) is 0 Å². The number of amides is 3. The van der Waals surface area contributed by atoms with Crippen LogP contribution >= 0.6 is 11.3 Å². The molecule has 206 valence electrons. The molecule has 2 aromatic rings. The van der Waals surface area contributed by atoms with Gasteiger partial charge in [-0.2, -0.15) is 0 Å². The van der Waals surface area contributed by atoms with Gasteiger partial charge in [0.2, 0.25) is 16.9 Å². The molecule has 2 atom stereocenters. The third-order valence-corrected chi connectivity index (χ3v) is 8.10. The Labute approximate surface area is 228 Å². The number of aryl methyl sites for hydroxylation is 1. The first kappa shape index (κ1) is 29.3. The number of carbonyl (C=O) groups is 3. The monoisotopic (exact) mass is 541 g/mol. The Morgan fingerprint density at radius 3 is 2.42 bits per heavy atom. The van der Waals surface area contributed by atoms with Crippen LogP contribution in [0.3, 0.4) is 0 Å². The maximum Gasteiger partial charge on any atom is 0.408 e. The second-order valence-electron chi connectivity index (χ2n) is 11.1. The Hall–Kier alpha value is -3.27. The van der Waals surface area contributed by atoms with E-state index in [0.717, 1.165) is 23.4 Å². The van der Waals surface area contributed by atoms with Gasteiger partial charge in [-0.05, 0) is 58.4 Å². The standard InChI is InChI=1S/C28H39N5O4S/c1-6-21(33(26(36)37)27(2,3)4)23(35)29-20(14-13-19-11-8-7-9-12-19)15-16-22(34)30-25-32-31-24(38-25)28(5)17-10-18-28/h7-9,11-12,15-16,20-21H,6,10,13-14,17-18H2,1-5H3,(H,29,35)(H,36,37)(H,30,32,34)/b16-15+/t20-,21-/m0/s1. The van der Waals surface area contributed by atoms with Crippen LogP contribution in [0.4, 0.5) is 9.93 Å². The Balaban J connectivity index is 1.71. The molecule has 3 N–H and O–H groups in total. The Morgan fingerprint density at radius 2 is 1.87 bits per heavy atom. The Kier molecular flexibility index (Phi) is 9.65. The zero-order valence-corrected chi connectivity index (χ0v) is 23.7. The summed E-state index contributed by atoms with van der Waals surface area (Å²) in [4.78, 5) is 39.1. The predicted octanol–water partition coefficient (Wildman–Crippen LogP) is 5.15. The molecule has 3 amide bonds. The molecule has 1 heterocycles. The Bertz CT molecular complexity index is 1140. The molecule has 1 aliphatic carbocycles. The highest BCUT2D eigenvalue weighted by atomic mass is 32.1. The highest BCUT2D eigenvalue weighted by molar-refractivity contribution is 7.15. The first-order valence-electron chi connectivity index (χ1n) is 13.1. The van der Waals surface area contributed by atoms with Gasteiger partial charge in [0.1, 0.15) is 11.0 Å². The van der Waals surface area contributed by atoms with Gasteiger partial charge in [0.05, 0.1) is 0 Å². The number of nitrogens with zero attached hydrogens (tertiary/aromatic N) is 3. The van der Waals surface area contributed by atoms with Crippen molar-refractivity contribution in [1.29, 1.82) is 0 Å². The number of rotatable bonds is 11. The molecule has 0 radical (unpaired) electrons. The maximum absolute atomic E-state index is 13.3. The lowest BCUT2D eigenvalue weighted by Crippen LogP contribution is -2.57. The number of carbonyl (C=O) groups excluding carboxylic acids is 2. The number of nitrogens with one attached hydrogen (secondary N) is 2. The van der Waals surface area contributed by atoms with Crippen LogP contribution < -0.4 is 10.6 Å². The summed E-state index contributed by atoms with van der Waals surface area (Å²) in [5, 5.41) is 25.3. The van der Waals surface area contributed by atoms with Crippen LogP contribution in [0.25, 0.3) is 0 Å². The van der Waals surface area contributed by atoms with E-state index >= 15 is 0 Å². The molecular formula is C28H39N5O4S. The van der Waals surface area contributed by atoms with Crippen molar-refractivity contribution in [2.45, 2.75) is 96.2 Å². The van der Waals surface area contributed by atoms with Gasteiger partial charge in [0.15, 0.2) is 0 Å². The third kappa shape index (κ3) is 7.63. The van der Waals surface area contributed by atoms with Crippen molar-refractivity contribution in [3.8, 4) is 0 Å². The third-order valence-electron chi connectivity index (χ3n) is 6.95. The van der Waals surface area contributed by atoms with Crippen molar-refractivity contribution in [1.82, 2.24) is 20.4 Å². The second-order valence-corrected chi connectivity index (χ2v) is 12.0. The zero-order valence-electron chi connectivity index (χ0n) is 22.9. The molecular weight excluding hydrogens is 502 g/mol. The summed E-state index contributed by atoms with van der Waals surface area (Å²) in [6.07, 6.45) is 6.76. The summed E-state index contributed by atoms with van der Waals surface area (Å²) in [6, 6.07) is 8.52. The quantitative estimate of drug-likeness (QED) is 0.338. The molecule has 0 bridgehead atoms. The van der Waals surface area contributed by atoms with Gasteiger partial charge in [-0.1, -0.05) is 68.0 Å². The van der Waals surface area contributed by atoms with Gasteiger partial charge >= 0.3 is 6.09 Å². The molecule has 1 saturated carbocycles. The van der Waals surface area contributed by atoms with Crippen molar-refractivity contribution in [2.24, 2.45) is 0 Å². The first-order chi connectivity index (χ1) is 17.9. The van der Waals surface area contributed by atoms with Crippen molar-refractivity contribution in [3.05, 3.63) is 53.1 Å². The molecule has 0 spiro atoms. The smallest absolute Gasteiger partial charge is 0.408 e. The molecule has 10 heteroatoms. The van der Waals surface area contributed by atoms with E-state index in [1.807, 2.05) is 30.3 Å². The molecule has 0 aliphatic heterocycles. The predicted molar refractivity (Wildman–Crippen MR) is 149 cm³/mol. The largest absolute Gasteiger partial charge is 0.465 e. The van der Waals surface area contributed by atoms with Gasteiger partial charge in [-0.25, -0.2) is 4.79 Å². The molecule has 3 rings (SSSR count). The summed E-state index contributed by atoms with van der Waals surface area (Å²) in [7, 11) is 0. The van der Waals surface area contributed by atoms with Crippen LogP contribution in [0, 0.1) is 0 Å². The number of hydrogen-bond donors (Lipinski definition) is 3. The van der Waals surface area contributed by atoms with E-state index in [0.29, 0.717) is 24.4 Å². The fraction of sp³-hybridized carbons (Fsp3) is 0.536. The summed E-state index contributed by atoms with van der Waals surface area (Å²) >= 11 is 1.39. The number of aromatic nitrogens is 2. The zero-order chi connectivity index (χ0) is 27.9. The molecule has 0 unspecified atom stereocenters. The minimum atomic E-state index is -1.15. The molecule has 1 aliphatic rings. The SMILES string of the molecule is CC[C@@H](C(=O)N[C@H](/C=C/C(=O)Nc1nnc(C2(C)CCC2)s1)CCc1ccccc1)N(C(=O)O)C(C)(C)C. The molecule has 9 nitrogen and oxygen atoms in total. The molecule has 1 aromatic carbocycles. The fourth-order valence-corrected chi connectivity index (χ4v) is 5.57. The second kappa shape index (κ2) is 12.5. The number of benzene rings is 1. The maximum atomic E-state index is 13.3. The fourth-order valence-electron chi connectivity index (χ4n) is 4.62. The Morgan fingerprint density at radius 1 is 1.18 bits per heavy atom. The highest BCUT2D eigenvalue weighted by Gasteiger charge is 2.38. The van der Waals surface area contributed by atoms with E-state index in [9.17, 15) is 19.5 Å². The van der Waals surface area contributed by atoms with Gasteiger partial charge < -0.3 is 10.4 Å². The van der Waals surface area contributed by atoms with E-state index in [4.69, 9.17) is 0 Å². The molecule has 1 fully saturated rings. The number of carboxylic acid groups (broad SMARTS) is 1. The van der Waals surface area contributed by atoms with Crippen molar-refractivity contribution < 1.29 is 19.5 Å². The first-order valence-corrected chi connectivity index (χ1v) is 13.9. The van der Waals surface area contributed by atoms with Crippen molar-refractivity contribution in [3.63, 3.8) is 0 Å². The topological polar surface area (TPSA) is 125 Å². The molecule has 1 aromatic heterocycles. The molecule has 0 saturated heterocycles. The summed E-state index contributed by atoms with van der Waals surface area (Å²) in [5.41, 5.74) is 0.399. The van der Waals surface area contributed by atoms with Crippen LogP contribution in [0.1, 0.15) is 77.3 Å². The van der Waals surface area contributed by atoms with E-state index in [2.05, 4.69) is 27.8 Å². The van der Waals surface area contributed by atoms with Gasteiger partial charge in [-0.15, -0.1) is 10.2 Å². The van der Waals surface area contributed by atoms with Crippen LogP contribution in [0.2, 0.25) is 0 Å². The normalized spacial score (nSPS) is 16.3. The van der Waals surface area contributed by atoms with Crippen LogP contribution in [0.15, 0.2) is 42.5 Å². The van der Waals surface area contributed by atoms with Gasteiger partial charge in [-0.3, -0.25) is 19.8 Å². The van der Waals surface area contributed by atoms with Crippen LogP contribution in [-0.2, 0) is 21.4 Å². The van der Waals surface area contributed by atoms with Gasteiger partial charge in [0, 0.05) is 23.1 Å². The van der Waals surface area contributed by atoms with Crippen molar-refractivity contribution in [2.75, 3.05) is 5.32 Å². The van der Waals surface area contributed by atoms with Gasteiger partial charge in [0.25, 0.3) is 0 Å². The minimum Gasteiger partial charge on any atom is -0.465 e. The average molecular weight is 542 g/mol. The lowest BCUT2D eigenvalue weighted by molar-refractivity contribution is -0.128. The number of anilines is 1. The highest BCUT2D eigenvalue weighted by Crippen LogP contribution is 2.44. The summed E-state index contributed by atoms with van der Waals surface area (Å²) in [5.74, 6) is -0.755. The lowest BCUT2D eigenvalue weighted by atomic mass is 9.71. The lowest BCUT2D eigenvalue weighted by Gasteiger charge is -2.38. The van der Waals surface area contributed by atoms with E-state index in [1.54, 1.807) is 33.8 Å². The van der Waals surface area contributed by atoms with E-state index in [1.165, 1.54) is 28.7 Å². The number of hydrogen-bond acceptors (Lipinski definition) is 6. The van der Waals surface area contributed by atoms with E-state index in [-0.39, 0.29) is 11.3 Å². The average Bonchev–Trinajstić information content (AvgIpc) is 3.30. The van der Waals surface area contributed by atoms with E-state index < -0.39 is 29.6 Å². The van der Waals surface area contributed by atoms with Crippen molar-refractivity contribution >= 4 is 34.4 Å². The van der Waals surface area contributed by atoms with Crippen LogP contribution in [-0.4, -0.2) is 55.7 Å². The molecule has 38 heavy (non-hydrogen) atoms. The minimum absolute atomic E-state index is 0.0516. The summed E-state index contributed by atoms with van der Waals surface area (Å²) in [6.45, 7) is 9.24. The summed E-state index contributed by atoms with van der Waals surface area (Å²) < 4.78 is 0.